The van der Waals surface area contributed by atoms with Gasteiger partial charge in [0, 0.05) is 6.42 Å². The average molecular weight is 343 g/mol. The molecule has 1 unspecified atom stereocenters. The van der Waals surface area contributed by atoms with Crippen LogP contribution in [0.3, 0.4) is 0 Å². The third-order valence-electron chi connectivity index (χ3n) is 3.16. The van der Waals surface area contributed by atoms with Crippen molar-refractivity contribution >= 4 is 33.9 Å². The second kappa shape index (κ2) is 8.02. The highest BCUT2D eigenvalue weighted by atomic mass is 32.2. The second-order valence-corrected chi connectivity index (χ2v) is 7.77. The predicted octanol–water partition coefficient (Wildman–Crippen LogP) is 4.20. The molecule has 1 rings (SSSR count). The zero-order chi connectivity index (χ0) is 16.9. The molecule has 1 aromatic carbocycles. The molecule has 0 fully saturated rings. The fourth-order valence-electron chi connectivity index (χ4n) is 2.00. The van der Waals surface area contributed by atoms with Crippen LogP contribution in [0.2, 0.25) is 0 Å². The van der Waals surface area contributed by atoms with Crippen molar-refractivity contribution in [3.63, 3.8) is 0 Å². The summed E-state index contributed by atoms with van der Waals surface area (Å²) in [6, 6.07) is 3.93. The van der Waals surface area contributed by atoms with Crippen LogP contribution >= 0.6 is 23.5 Å². The summed E-state index contributed by atoms with van der Waals surface area (Å²) in [5.41, 5.74) is 1.04. The lowest BCUT2D eigenvalue weighted by molar-refractivity contribution is -0.138. The molecule has 0 aliphatic heterocycles. The van der Waals surface area contributed by atoms with Crippen LogP contribution in [0.25, 0.3) is 0 Å². The first kappa shape index (κ1) is 19.0. The van der Waals surface area contributed by atoms with Gasteiger partial charge in [0.15, 0.2) is 6.04 Å². The van der Waals surface area contributed by atoms with Crippen LogP contribution in [0.1, 0.15) is 31.9 Å². The molecular formula is C16H22FNO2S2. The minimum atomic E-state index is -0.970. The number of aliphatic carboxylic acids is 1. The Morgan fingerprint density at radius 3 is 2.36 bits per heavy atom. The molecule has 0 saturated heterocycles. The van der Waals surface area contributed by atoms with Gasteiger partial charge in [-0.05, 0) is 35.1 Å². The minimum absolute atomic E-state index is 0.253. The summed E-state index contributed by atoms with van der Waals surface area (Å²) in [6.45, 7) is 5.80. The molecule has 1 aromatic rings. The summed E-state index contributed by atoms with van der Waals surface area (Å²) >= 11 is 2.85. The highest BCUT2D eigenvalue weighted by molar-refractivity contribution is 8.38. The highest BCUT2D eigenvalue weighted by Crippen LogP contribution is 2.26. The molecule has 0 amide bonds. The Labute approximate surface area is 139 Å². The highest BCUT2D eigenvalue weighted by Gasteiger charge is 2.22. The molecule has 0 aliphatic carbocycles. The van der Waals surface area contributed by atoms with Gasteiger partial charge in [-0.3, -0.25) is 4.99 Å². The molecule has 0 spiro atoms. The van der Waals surface area contributed by atoms with Gasteiger partial charge in [-0.25, -0.2) is 9.18 Å². The van der Waals surface area contributed by atoms with E-state index in [2.05, 4.69) is 4.99 Å². The summed E-state index contributed by atoms with van der Waals surface area (Å²) in [4.78, 5) is 15.7. The summed E-state index contributed by atoms with van der Waals surface area (Å²) < 4.78 is 14.7. The maximum absolute atomic E-state index is 13.9. The third-order valence-corrected chi connectivity index (χ3v) is 5.07. The van der Waals surface area contributed by atoms with Crippen molar-refractivity contribution in [3.05, 3.63) is 35.1 Å². The lowest BCUT2D eigenvalue weighted by atomic mass is 9.85. The molecule has 0 bridgehead atoms. The number of carboxylic acid groups (broad SMARTS) is 1. The van der Waals surface area contributed by atoms with E-state index in [0.29, 0.717) is 5.56 Å². The molecule has 3 nitrogen and oxygen atoms in total. The van der Waals surface area contributed by atoms with Gasteiger partial charge in [-0.1, -0.05) is 32.9 Å². The number of hydrogen-bond acceptors (Lipinski definition) is 4. The lowest BCUT2D eigenvalue weighted by Gasteiger charge is -2.21. The van der Waals surface area contributed by atoms with Crippen LogP contribution in [0.4, 0.5) is 4.39 Å². The Kier molecular flexibility index (Phi) is 6.94. The van der Waals surface area contributed by atoms with Crippen molar-refractivity contribution in [1.82, 2.24) is 0 Å². The standard InChI is InChI=1S/C16H22FNO2S2/c1-16(2,3)11-8-10(6-7-12(11)17)9-13(14(19)20)18-15(21-4)22-5/h6-8,13H,9H2,1-5H3,(H,19,20). The Morgan fingerprint density at radius 2 is 1.91 bits per heavy atom. The second-order valence-electron chi connectivity index (χ2n) is 5.93. The van der Waals surface area contributed by atoms with E-state index in [9.17, 15) is 14.3 Å². The molecule has 0 radical (unpaired) electrons. The number of halogens is 1. The number of thioether (sulfide) groups is 2. The van der Waals surface area contributed by atoms with Crippen LogP contribution in [0, 0.1) is 5.82 Å². The number of hydrogen-bond donors (Lipinski definition) is 1. The zero-order valence-electron chi connectivity index (χ0n) is 13.5. The average Bonchev–Trinajstić information content (AvgIpc) is 2.43. The smallest absolute Gasteiger partial charge is 0.328 e. The van der Waals surface area contributed by atoms with E-state index in [1.54, 1.807) is 12.1 Å². The summed E-state index contributed by atoms with van der Waals surface area (Å²) in [7, 11) is 0. The number of benzene rings is 1. The molecule has 22 heavy (non-hydrogen) atoms. The predicted molar refractivity (Wildman–Crippen MR) is 94.7 cm³/mol. The monoisotopic (exact) mass is 343 g/mol. The molecule has 122 valence electrons. The molecular weight excluding hydrogens is 321 g/mol. The van der Waals surface area contributed by atoms with Gasteiger partial charge >= 0.3 is 5.97 Å². The van der Waals surface area contributed by atoms with Crippen molar-refractivity contribution in [2.45, 2.75) is 38.6 Å². The molecule has 0 heterocycles. The van der Waals surface area contributed by atoms with Crippen LogP contribution < -0.4 is 0 Å². The quantitative estimate of drug-likeness (QED) is 0.657. The van der Waals surface area contributed by atoms with Crippen LogP contribution in [0.5, 0.6) is 0 Å². The van der Waals surface area contributed by atoms with Crippen LogP contribution in [-0.4, -0.2) is 34.0 Å². The summed E-state index contributed by atoms with van der Waals surface area (Å²) in [5, 5.41) is 9.36. The van der Waals surface area contributed by atoms with E-state index in [4.69, 9.17) is 0 Å². The van der Waals surface area contributed by atoms with E-state index >= 15 is 0 Å². The first-order valence-corrected chi connectivity index (χ1v) is 9.31. The first-order chi connectivity index (χ1) is 10.2. The largest absolute Gasteiger partial charge is 0.480 e. The number of carbonyl (C=O) groups is 1. The SMILES string of the molecule is CSC(=NC(Cc1ccc(F)c(C(C)(C)C)c1)C(=O)O)SC. The maximum atomic E-state index is 13.9. The molecule has 0 aliphatic rings. The Hall–Kier alpha value is -1.01. The van der Waals surface area contributed by atoms with Crippen LogP contribution in [0.15, 0.2) is 23.2 Å². The molecule has 0 saturated carbocycles. The van der Waals surface area contributed by atoms with E-state index in [0.717, 1.165) is 9.94 Å². The van der Waals surface area contributed by atoms with Gasteiger partial charge in [-0.2, -0.15) is 0 Å². The summed E-state index contributed by atoms with van der Waals surface area (Å²) in [5.74, 6) is -1.23. The normalized spacial score (nSPS) is 12.8. The fourth-order valence-corrected chi connectivity index (χ4v) is 3.13. The van der Waals surface area contributed by atoms with Crippen molar-refractivity contribution < 1.29 is 14.3 Å². The maximum Gasteiger partial charge on any atom is 0.328 e. The molecule has 0 aromatic heterocycles. The van der Waals surface area contributed by atoms with Gasteiger partial charge in [0.2, 0.25) is 0 Å². The van der Waals surface area contributed by atoms with Gasteiger partial charge in [0.1, 0.15) is 10.2 Å². The van der Waals surface area contributed by atoms with E-state index in [-0.39, 0.29) is 17.7 Å². The minimum Gasteiger partial charge on any atom is -0.480 e. The topological polar surface area (TPSA) is 49.7 Å². The number of nitrogens with zero attached hydrogens (tertiary/aromatic N) is 1. The molecule has 1 atom stereocenters. The Balaban J connectivity index is 3.10. The van der Waals surface area contributed by atoms with E-state index in [1.165, 1.54) is 29.6 Å². The summed E-state index contributed by atoms with van der Waals surface area (Å²) in [6.07, 6.45) is 3.98. The fraction of sp³-hybridized carbons (Fsp3) is 0.500. The number of rotatable bonds is 4. The van der Waals surface area contributed by atoms with Crippen molar-refractivity contribution in [3.8, 4) is 0 Å². The van der Waals surface area contributed by atoms with Crippen LogP contribution in [-0.2, 0) is 16.6 Å². The van der Waals surface area contributed by atoms with E-state index < -0.39 is 12.0 Å². The molecule has 1 N–H and O–H groups in total. The van der Waals surface area contributed by atoms with Crippen molar-refractivity contribution in [2.24, 2.45) is 4.99 Å². The lowest BCUT2D eigenvalue weighted by Crippen LogP contribution is -2.22. The van der Waals surface area contributed by atoms with E-state index in [1.807, 2.05) is 33.3 Å². The van der Waals surface area contributed by atoms with Crippen molar-refractivity contribution in [2.75, 3.05) is 12.5 Å². The van der Waals surface area contributed by atoms with Gasteiger partial charge < -0.3 is 5.11 Å². The van der Waals surface area contributed by atoms with Gasteiger partial charge in [0.25, 0.3) is 0 Å². The van der Waals surface area contributed by atoms with Gasteiger partial charge in [0.05, 0.1) is 0 Å². The Bertz CT molecular complexity index is 562. The number of carboxylic acids is 1. The zero-order valence-corrected chi connectivity index (χ0v) is 15.1. The van der Waals surface area contributed by atoms with Gasteiger partial charge in [-0.15, -0.1) is 23.5 Å². The molecule has 6 heteroatoms. The Morgan fingerprint density at radius 1 is 1.32 bits per heavy atom. The first-order valence-electron chi connectivity index (χ1n) is 6.86. The number of aliphatic imine (C=N–C) groups is 1. The third kappa shape index (κ3) is 5.32. The van der Waals surface area contributed by atoms with Crippen molar-refractivity contribution in [1.29, 1.82) is 0 Å².